The van der Waals surface area contributed by atoms with Gasteiger partial charge in [-0.25, -0.2) is 0 Å². The highest BCUT2D eigenvalue weighted by Crippen LogP contribution is 2.42. The van der Waals surface area contributed by atoms with Crippen molar-refractivity contribution < 1.29 is 13.2 Å². The number of benzene rings is 6. The van der Waals surface area contributed by atoms with Gasteiger partial charge < -0.3 is 9.13 Å². The molecular weight excluding hydrogens is 591 g/mol. The van der Waals surface area contributed by atoms with Crippen molar-refractivity contribution in [2.24, 2.45) is 0 Å². The van der Waals surface area contributed by atoms with Gasteiger partial charge in [-0.15, -0.1) is 0 Å². The van der Waals surface area contributed by atoms with E-state index < -0.39 is 11.7 Å². The van der Waals surface area contributed by atoms with Crippen molar-refractivity contribution in [1.82, 2.24) is 9.13 Å². The van der Waals surface area contributed by atoms with E-state index in [2.05, 4.69) is 39.5 Å². The smallest absolute Gasteiger partial charge is 0.308 e. The van der Waals surface area contributed by atoms with Crippen LogP contribution >= 0.6 is 0 Å². The van der Waals surface area contributed by atoms with Crippen LogP contribution in [0.3, 0.4) is 0 Å². The molecule has 3 nitrogen and oxygen atoms in total. The van der Waals surface area contributed by atoms with Gasteiger partial charge in [0.25, 0.3) is 0 Å². The van der Waals surface area contributed by atoms with Gasteiger partial charge in [-0.3, -0.25) is 0 Å². The Kier molecular flexibility index (Phi) is 6.32. The summed E-state index contributed by atoms with van der Waals surface area (Å²) in [6.07, 6.45) is -4.51. The first-order chi connectivity index (χ1) is 22.7. The highest BCUT2D eigenvalue weighted by Gasteiger charge is 2.31. The largest absolute Gasteiger partial charge is 0.416 e. The molecule has 0 N–H and O–H groups in total. The molecule has 0 atom stereocenters. The number of nitrogens with zero attached hydrogens (tertiary/aromatic N) is 3. The lowest BCUT2D eigenvalue weighted by atomic mass is 9.96. The number of aromatic nitrogens is 2. The number of fused-ring (bicyclic) bond motifs is 6. The number of rotatable bonds is 3. The lowest BCUT2D eigenvalue weighted by Crippen LogP contribution is -2.07. The second kappa shape index (κ2) is 10.4. The predicted molar refractivity (Wildman–Crippen MR) is 184 cm³/mol. The summed E-state index contributed by atoms with van der Waals surface area (Å²) in [7, 11) is 0. The summed E-state index contributed by atoms with van der Waals surface area (Å²) in [6.45, 7) is 5.76. The Morgan fingerprint density at radius 2 is 1.02 bits per heavy atom. The van der Waals surface area contributed by atoms with Gasteiger partial charge >= 0.3 is 6.18 Å². The number of alkyl halides is 3. The molecule has 0 saturated heterocycles. The average molecular weight is 620 g/mol. The Morgan fingerprint density at radius 3 is 1.51 bits per heavy atom. The molecule has 0 unspecified atom stereocenters. The van der Waals surface area contributed by atoms with Crippen LogP contribution in [0.2, 0.25) is 0 Å². The first kappa shape index (κ1) is 28.7. The lowest BCUT2D eigenvalue weighted by Gasteiger charge is -2.20. The van der Waals surface area contributed by atoms with Crippen molar-refractivity contribution in [3.05, 3.63) is 143 Å². The molecule has 0 saturated carbocycles. The van der Waals surface area contributed by atoms with Gasteiger partial charge in [-0.05, 0) is 85.0 Å². The minimum absolute atomic E-state index is 0.425. The maximum atomic E-state index is 14.1. The molecule has 0 amide bonds. The van der Waals surface area contributed by atoms with Gasteiger partial charge in [0.1, 0.15) is 11.6 Å². The highest BCUT2D eigenvalue weighted by molar-refractivity contribution is 6.12. The van der Waals surface area contributed by atoms with Crippen molar-refractivity contribution in [1.29, 1.82) is 5.26 Å². The van der Waals surface area contributed by atoms with Gasteiger partial charge in [0, 0.05) is 21.5 Å². The van der Waals surface area contributed by atoms with Crippen molar-refractivity contribution in [2.75, 3.05) is 0 Å². The molecule has 228 valence electrons. The first-order valence-corrected chi connectivity index (χ1v) is 15.4. The third-order valence-electron chi connectivity index (χ3n) is 9.22. The van der Waals surface area contributed by atoms with Crippen molar-refractivity contribution in [2.45, 2.75) is 26.9 Å². The van der Waals surface area contributed by atoms with Gasteiger partial charge in [-0.2, -0.15) is 18.4 Å². The molecule has 6 aromatic carbocycles. The summed E-state index contributed by atoms with van der Waals surface area (Å²) in [5.74, 6) is 0. The molecule has 8 aromatic rings. The van der Waals surface area contributed by atoms with Crippen molar-refractivity contribution in [3.63, 3.8) is 0 Å². The molecule has 8 rings (SSSR count). The van der Waals surface area contributed by atoms with E-state index in [1.807, 2.05) is 86.6 Å². The Hall–Kier alpha value is -5.80. The molecule has 6 heteroatoms. The normalized spacial score (nSPS) is 12.0. The van der Waals surface area contributed by atoms with E-state index in [0.29, 0.717) is 33.6 Å². The Labute approximate surface area is 269 Å². The van der Waals surface area contributed by atoms with Gasteiger partial charge in [0.15, 0.2) is 0 Å². The summed E-state index contributed by atoms with van der Waals surface area (Å²) in [5, 5.41) is 15.2. The van der Waals surface area contributed by atoms with Gasteiger partial charge in [-0.1, -0.05) is 78.9 Å². The van der Waals surface area contributed by atoms with E-state index in [-0.39, 0.29) is 0 Å². The maximum Gasteiger partial charge on any atom is 0.416 e. The van der Waals surface area contributed by atoms with Crippen molar-refractivity contribution >= 4 is 43.6 Å². The van der Waals surface area contributed by atoms with Crippen LogP contribution in [0.5, 0.6) is 0 Å². The molecule has 0 aliphatic heterocycles. The van der Waals surface area contributed by atoms with Crippen LogP contribution in [0.1, 0.15) is 27.8 Å². The predicted octanol–water partition coefficient (Wildman–Crippen LogP) is 11.4. The molecule has 0 bridgehead atoms. The van der Waals surface area contributed by atoms with E-state index in [4.69, 9.17) is 0 Å². The zero-order valence-corrected chi connectivity index (χ0v) is 25.9. The number of para-hydroxylation sites is 4. The number of nitriles is 1. The zero-order chi connectivity index (χ0) is 32.6. The fraction of sp³-hybridized carbons (Fsp3) is 0.0976. The summed E-state index contributed by atoms with van der Waals surface area (Å²) in [5.41, 5.74) is 8.22. The van der Waals surface area contributed by atoms with Crippen molar-refractivity contribution in [3.8, 4) is 28.6 Å². The Balaban J connectivity index is 1.59. The minimum atomic E-state index is -4.51. The number of aryl methyl sites for hydroxylation is 3. The van der Waals surface area contributed by atoms with Crippen LogP contribution in [0.15, 0.2) is 115 Å². The molecule has 2 heterocycles. The Bertz CT molecular complexity index is 2470. The highest BCUT2D eigenvalue weighted by atomic mass is 19.4. The minimum Gasteiger partial charge on any atom is -0.308 e. The van der Waals surface area contributed by atoms with E-state index in [1.54, 1.807) is 13.0 Å². The summed E-state index contributed by atoms with van der Waals surface area (Å²) in [4.78, 5) is 0. The molecule has 0 fully saturated rings. The van der Waals surface area contributed by atoms with Crippen LogP contribution in [0, 0.1) is 32.1 Å². The molecule has 0 radical (unpaired) electrons. The third kappa shape index (κ3) is 4.34. The maximum absolute atomic E-state index is 14.1. The van der Waals surface area contributed by atoms with E-state index >= 15 is 0 Å². The molecule has 0 aliphatic carbocycles. The summed E-state index contributed by atoms with van der Waals surface area (Å²) < 4.78 is 46.6. The van der Waals surface area contributed by atoms with Crippen LogP contribution in [0.25, 0.3) is 66.1 Å². The monoisotopic (exact) mass is 619 g/mol. The number of hydrogen-bond acceptors (Lipinski definition) is 1. The second-order valence-electron chi connectivity index (χ2n) is 12.2. The third-order valence-corrected chi connectivity index (χ3v) is 9.22. The van der Waals surface area contributed by atoms with E-state index in [0.717, 1.165) is 54.7 Å². The molecule has 0 spiro atoms. The van der Waals surface area contributed by atoms with Crippen LogP contribution < -0.4 is 0 Å². The van der Waals surface area contributed by atoms with Crippen LogP contribution in [-0.2, 0) is 6.18 Å². The average Bonchev–Trinajstić information content (AvgIpc) is 3.58. The SMILES string of the molecule is Cc1cc(-c2cc(-n3c4ccccc4c4cccc(C)c43)c(C#N)c(-n3c4ccccc4c4cccc(C)c43)c2)cc(C(F)(F)F)c1. The fourth-order valence-electron chi connectivity index (χ4n) is 7.24. The quantitative estimate of drug-likeness (QED) is 0.194. The van der Waals surface area contributed by atoms with Crippen LogP contribution in [0.4, 0.5) is 13.2 Å². The second-order valence-corrected chi connectivity index (χ2v) is 12.2. The summed E-state index contributed by atoms with van der Waals surface area (Å²) in [6, 6.07) is 38.8. The number of halogens is 3. The van der Waals surface area contributed by atoms with Gasteiger partial charge in [0.05, 0.1) is 39.0 Å². The number of hydrogen-bond donors (Lipinski definition) is 0. The zero-order valence-electron chi connectivity index (χ0n) is 25.9. The van der Waals surface area contributed by atoms with Crippen LogP contribution in [-0.4, -0.2) is 9.13 Å². The van der Waals surface area contributed by atoms with E-state index in [9.17, 15) is 18.4 Å². The fourth-order valence-corrected chi connectivity index (χ4v) is 7.24. The first-order valence-electron chi connectivity index (χ1n) is 15.4. The molecule has 47 heavy (non-hydrogen) atoms. The molecule has 0 aliphatic rings. The molecule has 2 aromatic heterocycles. The standard InChI is InChI=1S/C41H28F3N3/c1-24-18-27(20-29(19-24)41(42,43)44)28-21-37(46-35-16-6-4-12-30(35)32-14-8-10-25(2)39(32)46)34(23-45)38(22-28)47-36-17-7-5-13-31(36)33-15-9-11-26(3)40(33)47/h4-22H,1-3H3. The Morgan fingerprint density at radius 1 is 0.553 bits per heavy atom. The van der Waals surface area contributed by atoms with E-state index in [1.165, 1.54) is 12.1 Å². The topological polar surface area (TPSA) is 33.6 Å². The molecular formula is C41H28F3N3. The summed E-state index contributed by atoms with van der Waals surface area (Å²) >= 11 is 0. The van der Waals surface area contributed by atoms with Gasteiger partial charge in [0.2, 0.25) is 0 Å². The lowest BCUT2D eigenvalue weighted by molar-refractivity contribution is -0.137.